The highest BCUT2D eigenvalue weighted by molar-refractivity contribution is 7.86. The number of nitrogens with zero attached hydrogens (tertiary/aromatic N) is 1. The molecule has 0 spiro atoms. The third-order valence-corrected chi connectivity index (χ3v) is 4.77. The Morgan fingerprint density at radius 1 is 1.14 bits per heavy atom. The van der Waals surface area contributed by atoms with Crippen LogP contribution < -0.4 is 0 Å². The van der Waals surface area contributed by atoms with E-state index in [0.717, 1.165) is 18.4 Å². The van der Waals surface area contributed by atoms with Gasteiger partial charge < -0.3 is 4.84 Å². The average Bonchev–Trinajstić information content (AvgIpc) is 2.40. The molecule has 0 aromatic heterocycles. The first kappa shape index (κ1) is 15.7. The third kappa shape index (κ3) is 4.15. The fourth-order valence-corrected chi connectivity index (χ4v) is 3.45. The van der Waals surface area contributed by atoms with Gasteiger partial charge in [0, 0.05) is 0 Å². The molecule has 8 heteroatoms. The average molecular weight is 315 g/mol. The molecule has 1 aliphatic rings. The lowest BCUT2D eigenvalue weighted by Gasteiger charge is -2.28. The normalized spacial score (nSPS) is 22.7. The van der Waals surface area contributed by atoms with Crippen LogP contribution >= 0.6 is 0 Å². The van der Waals surface area contributed by atoms with Gasteiger partial charge in [-0.25, -0.2) is 0 Å². The van der Waals surface area contributed by atoms with E-state index in [2.05, 4.69) is 4.84 Å². The van der Waals surface area contributed by atoms with Crippen molar-refractivity contribution in [1.82, 2.24) is 0 Å². The van der Waals surface area contributed by atoms with Crippen LogP contribution in [0.1, 0.15) is 31.2 Å². The summed E-state index contributed by atoms with van der Waals surface area (Å²) in [7, 11) is -3.95. The monoisotopic (exact) mass is 315 g/mol. The molecule has 1 saturated carbocycles. The summed E-state index contributed by atoms with van der Waals surface area (Å²) in [5.41, 5.74) is 0.932. The minimum atomic E-state index is -3.95. The van der Waals surface area contributed by atoms with E-state index in [1.807, 2.05) is 6.92 Å². The molecular weight excluding hydrogens is 298 g/mol. The molecule has 116 valence electrons. The molecular formula is C13H17NO6S. The minimum Gasteiger partial charge on any atom is -0.308 e. The van der Waals surface area contributed by atoms with Crippen LogP contribution in [0.15, 0.2) is 29.2 Å². The highest BCUT2D eigenvalue weighted by Crippen LogP contribution is 2.27. The van der Waals surface area contributed by atoms with Crippen molar-refractivity contribution in [3.63, 3.8) is 0 Å². The first-order chi connectivity index (χ1) is 9.88. The standard InChI is InChI=1S/C13H17NO6S/c1-10-6-8-11(9-7-10)21(17,18)20-13-5-3-2-4-12(13)19-14(15)16/h6-9,12-13H,2-5H2,1H3/t12-,13+/m1/s1. The summed E-state index contributed by atoms with van der Waals surface area (Å²) < 4.78 is 29.6. The summed E-state index contributed by atoms with van der Waals surface area (Å²) in [6.45, 7) is 1.85. The molecule has 0 saturated heterocycles. The molecule has 1 fully saturated rings. The van der Waals surface area contributed by atoms with Crippen molar-refractivity contribution in [2.24, 2.45) is 0 Å². The van der Waals surface area contributed by atoms with E-state index in [-0.39, 0.29) is 4.90 Å². The molecule has 0 amide bonds. The Balaban J connectivity index is 2.13. The van der Waals surface area contributed by atoms with E-state index in [4.69, 9.17) is 4.18 Å². The van der Waals surface area contributed by atoms with Crippen LogP contribution in [0.3, 0.4) is 0 Å². The van der Waals surface area contributed by atoms with Gasteiger partial charge in [0.1, 0.15) is 12.2 Å². The van der Waals surface area contributed by atoms with Crippen molar-refractivity contribution in [2.75, 3.05) is 0 Å². The summed E-state index contributed by atoms with van der Waals surface area (Å²) in [5.74, 6) is 0. The molecule has 0 aliphatic heterocycles. The Labute approximate surface area is 123 Å². The van der Waals surface area contributed by atoms with Gasteiger partial charge in [-0.1, -0.05) is 30.5 Å². The molecule has 1 aliphatic carbocycles. The molecule has 2 atom stereocenters. The number of aryl methyl sites for hydroxylation is 1. The van der Waals surface area contributed by atoms with Crippen LogP contribution in [0.4, 0.5) is 0 Å². The molecule has 0 unspecified atom stereocenters. The maximum Gasteiger partial charge on any atom is 0.297 e. The highest BCUT2D eigenvalue weighted by Gasteiger charge is 2.33. The van der Waals surface area contributed by atoms with E-state index in [9.17, 15) is 18.5 Å². The molecule has 0 radical (unpaired) electrons. The quantitative estimate of drug-likeness (QED) is 0.469. The van der Waals surface area contributed by atoms with Gasteiger partial charge in [-0.05, 0) is 31.9 Å². The van der Waals surface area contributed by atoms with E-state index in [1.54, 1.807) is 12.1 Å². The van der Waals surface area contributed by atoms with E-state index < -0.39 is 27.4 Å². The first-order valence-corrected chi connectivity index (χ1v) is 8.10. The second kappa shape index (κ2) is 6.40. The fourth-order valence-electron chi connectivity index (χ4n) is 2.33. The molecule has 0 bridgehead atoms. The summed E-state index contributed by atoms with van der Waals surface area (Å²) in [4.78, 5) is 15.0. The Hall–Kier alpha value is -1.67. The molecule has 7 nitrogen and oxygen atoms in total. The molecule has 1 aromatic carbocycles. The maximum absolute atomic E-state index is 12.2. The number of hydrogen-bond donors (Lipinski definition) is 0. The summed E-state index contributed by atoms with van der Waals surface area (Å²) >= 11 is 0. The Kier molecular flexibility index (Phi) is 4.79. The van der Waals surface area contributed by atoms with Gasteiger partial charge in [0.2, 0.25) is 0 Å². The van der Waals surface area contributed by atoms with Crippen molar-refractivity contribution in [3.8, 4) is 0 Å². The van der Waals surface area contributed by atoms with E-state index >= 15 is 0 Å². The van der Waals surface area contributed by atoms with E-state index in [1.165, 1.54) is 12.1 Å². The number of rotatable bonds is 5. The van der Waals surface area contributed by atoms with Gasteiger partial charge in [0.25, 0.3) is 15.2 Å². The van der Waals surface area contributed by atoms with Crippen molar-refractivity contribution in [3.05, 3.63) is 39.9 Å². The van der Waals surface area contributed by atoms with Crippen LogP contribution in [0, 0.1) is 17.0 Å². The van der Waals surface area contributed by atoms with Gasteiger partial charge >= 0.3 is 0 Å². The maximum atomic E-state index is 12.2. The summed E-state index contributed by atoms with van der Waals surface area (Å²) in [6, 6.07) is 6.25. The van der Waals surface area contributed by atoms with E-state index in [0.29, 0.717) is 12.8 Å². The largest absolute Gasteiger partial charge is 0.308 e. The predicted octanol–water partition coefficient (Wildman–Crippen LogP) is 2.22. The predicted molar refractivity (Wildman–Crippen MR) is 73.6 cm³/mol. The highest BCUT2D eigenvalue weighted by atomic mass is 32.2. The van der Waals surface area contributed by atoms with Crippen LogP contribution in [0.25, 0.3) is 0 Å². The lowest BCUT2D eigenvalue weighted by Crippen LogP contribution is -2.37. The molecule has 0 N–H and O–H groups in total. The molecule has 1 aromatic rings. The Morgan fingerprint density at radius 3 is 2.29 bits per heavy atom. The summed E-state index contributed by atoms with van der Waals surface area (Å²) in [5, 5.41) is 9.57. The van der Waals surface area contributed by atoms with Gasteiger partial charge in [0.15, 0.2) is 0 Å². The van der Waals surface area contributed by atoms with Crippen LogP contribution in [0.5, 0.6) is 0 Å². The Bertz CT molecular complexity index is 598. The van der Waals surface area contributed by atoms with Gasteiger partial charge in [-0.3, -0.25) is 4.18 Å². The Morgan fingerprint density at radius 2 is 1.71 bits per heavy atom. The second-order valence-corrected chi connectivity index (χ2v) is 6.63. The van der Waals surface area contributed by atoms with Crippen molar-refractivity contribution in [2.45, 2.75) is 49.7 Å². The zero-order chi connectivity index (χ0) is 15.5. The van der Waals surface area contributed by atoms with Crippen LogP contribution in [0.2, 0.25) is 0 Å². The lowest BCUT2D eigenvalue weighted by molar-refractivity contribution is -0.771. The molecule has 2 rings (SSSR count). The fraction of sp³-hybridized carbons (Fsp3) is 0.538. The zero-order valence-electron chi connectivity index (χ0n) is 11.6. The second-order valence-electron chi connectivity index (χ2n) is 5.05. The van der Waals surface area contributed by atoms with Crippen molar-refractivity contribution >= 4 is 10.1 Å². The van der Waals surface area contributed by atoms with Gasteiger partial charge in [-0.15, -0.1) is 10.1 Å². The third-order valence-electron chi connectivity index (χ3n) is 3.42. The van der Waals surface area contributed by atoms with Crippen molar-refractivity contribution < 1.29 is 22.5 Å². The number of hydrogen-bond acceptors (Lipinski definition) is 6. The minimum absolute atomic E-state index is 0.0403. The smallest absolute Gasteiger partial charge is 0.297 e. The van der Waals surface area contributed by atoms with Crippen molar-refractivity contribution in [1.29, 1.82) is 0 Å². The first-order valence-electron chi connectivity index (χ1n) is 6.69. The molecule has 21 heavy (non-hydrogen) atoms. The SMILES string of the molecule is Cc1ccc(S(=O)(=O)O[C@H]2CCCC[C@H]2O[N+](=O)[O-])cc1. The lowest BCUT2D eigenvalue weighted by atomic mass is 9.95. The summed E-state index contributed by atoms with van der Waals surface area (Å²) in [6.07, 6.45) is 0.678. The van der Waals surface area contributed by atoms with Gasteiger partial charge in [-0.2, -0.15) is 8.42 Å². The molecule has 0 heterocycles. The topological polar surface area (TPSA) is 95.7 Å². The number of benzene rings is 1. The van der Waals surface area contributed by atoms with Gasteiger partial charge in [0.05, 0.1) is 4.90 Å². The van der Waals surface area contributed by atoms with Crippen LogP contribution in [-0.4, -0.2) is 25.7 Å². The zero-order valence-corrected chi connectivity index (χ0v) is 12.4. The van der Waals surface area contributed by atoms with Crippen LogP contribution in [-0.2, 0) is 19.1 Å².